The van der Waals surface area contributed by atoms with Gasteiger partial charge in [-0.05, 0) is 18.2 Å². The molecule has 0 fully saturated rings. The SMILES string of the molecule is Nc1cccc2oc3ccncc3c12. The summed E-state index contributed by atoms with van der Waals surface area (Å²) in [7, 11) is 0. The molecule has 0 bridgehead atoms. The Labute approximate surface area is 80.1 Å². The van der Waals surface area contributed by atoms with Crippen LogP contribution in [0.25, 0.3) is 21.9 Å². The van der Waals surface area contributed by atoms with Crippen molar-refractivity contribution in [2.75, 3.05) is 5.73 Å². The first-order valence-electron chi connectivity index (χ1n) is 4.37. The van der Waals surface area contributed by atoms with Crippen LogP contribution in [0.4, 0.5) is 5.69 Å². The lowest BCUT2D eigenvalue weighted by molar-refractivity contribution is 0.668. The molecule has 3 aromatic rings. The second-order valence-corrected chi connectivity index (χ2v) is 3.19. The van der Waals surface area contributed by atoms with Gasteiger partial charge in [0.25, 0.3) is 0 Å². The number of aromatic nitrogens is 1. The van der Waals surface area contributed by atoms with E-state index in [2.05, 4.69) is 4.98 Å². The molecular weight excluding hydrogens is 176 g/mol. The first-order valence-corrected chi connectivity index (χ1v) is 4.37. The number of benzene rings is 1. The third-order valence-corrected chi connectivity index (χ3v) is 2.33. The maximum Gasteiger partial charge on any atom is 0.138 e. The van der Waals surface area contributed by atoms with Crippen LogP contribution in [0.5, 0.6) is 0 Å². The number of nitrogens with zero attached hydrogens (tertiary/aromatic N) is 1. The quantitative estimate of drug-likeness (QED) is 0.546. The Kier molecular flexibility index (Phi) is 1.31. The van der Waals surface area contributed by atoms with Crippen LogP contribution in [0, 0.1) is 0 Å². The fraction of sp³-hybridized carbons (Fsp3) is 0. The lowest BCUT2D eigenvalue weighted by Crippen LogP contribution is -1.83. The number of hydrogen-bond donors (Lipinski definition) is 1. The van der Waals surface area contributed by atoms with Gasteiger partial charge in [0.15, 0.2) is 0 Å². The highest BCUT2D eigenvalue weighted by molar-refractivity contribution is 6.10. The highest BCUT2D eigenvalue weighted by Crippen LogP contribution is 2.31. The second-order valence-electron chi connectivity index (χ2n) is 3.19. The van der Waals surface area contributed by atoms with Gasteiger partial charge in [-0.1, -0.05) is 6.07 Å². The molecule has 2 heterocycles. The summed E-state index contributed by atoms with van der Waals surface area (Å²) in [5.41, 5.74) is 8.25. The van der Waals surface area contributed by atoms with Gasteiger partial charge in [0.05, 0.1) is 5.39 Å². The van der Waals surface area contributed by atoms with Crippen LogP contribution in [0.2, 0.25) is 0 Å². The predicted octanol–water partition coefficient (Wildman–Crippen LogP) is 2.56. The molecule has 14 heavy (non-hydrogen) atoms. The van der Waals surface area contributed by atoms with Crippen LogP contribution >= 0.6 is 0 Å². The molecule has 3 rings (SSSR count). The number of nitrogen functional groups attached to an aromatic ring is 1. The molecule has 0 amide bonds. The van der Waals surface area contributed by atoms with Gasteiger partial charge >= 0.3 is 0 Å². The number of nitrogens with two attached hydrogens (primary N) is 1. The summed E-state index contributed by atoms with van der Waals surface area (Å²) in [5, 5.41) is 1.93. The molecule has 0 atom stereocenters. The van der Waals surface area contributed by atoms with E-state index in [4.69, 9.17) is 10.2 Å². The molecule has 68 valence electrons. The third kappa shape index (κ3) is 0.836. The standard InChI is InChI=1S/C11H8N2O/c12-8-2-1-3-10-11(8)7-6-13-5-4-9(7)14-10/h1-6H,12H2. The summed E-state index contributed by atoms with van der Waals surface area (Å²) in [6.45, 7) is 0. The number of hydrogen-bond acceptors (Lipinski definition) is 3. The van der Waals surface area contributed by atoms with E-state index in [0.717, 1.165) is 27.6 Å². The Hall–Kier alpha value is -2.03. The minimum atomic E-state index is 0.731. The van der Waals surface area contributed by atoms with Gasteiger partial charge < -0.3 is 10.2 Å². The predicted molar refractivity (Wildman–Crippen MR) is 55.9 cm³/mol. The summed E-state index contributed by atoms with van der Waals surface area (Å²) in [4.78, 5) is 4.06. The van der Waals surface area contributed by atoms with E-state index in [-0.39, 0.29) is 0 Å². The van der Waals surface area contributed by atoms with Crippen LogP contribution in [-0.2, 0) is 0 Å². The van der Waals surface area contributed by atoms with Crippen molar-refractivity contribution in [3.8, 4) is 0 Å². The molecule has 0 aliphatic heterocycles. The number of furan rings is 1. The Bertz CT molecular complexity index is 613. The Morgan fingerprint density at radius 1 is 1.14 bits per heavy atom. The zero-order chi connectivity index (χ0) is 9.54. The monoisotopic (exact) mass is 184 g/mol. The van der Waals surface area contributed by atoms with Crippen molar-refractivity contribution in [3.63, 3.8) is 0 Å². The molecule has 3 nitrogen and oxygen atoms in total. The van der Waals surface area contributed by atoms with Crippen LogP contribution in [0.1, 0.15) is 0 Å². The average Bonchev–Trinajstić information content (AvgIpc) is 2.57. The number of anilines is 1. The highest BCUT2D eigenvalue weighted by atomic mass is 16.3. The first-order chi connectivity index (χ1) is 6.86. The fourth-order valence-electron chi connectivity index (χ4n) is 1.70. The minimum absolute atomic E-state index is 0.731. The van der Waals surface area contributed by atoms with E-state index in [0.29, 0.717) is 0 Å². The molecule has 0 aliphatic carbocycles. The van der Waals surface area contributed by atoms with E-state index in [1.807, 2.05) is 24.3 Å². The second kappa shape index (κ2) is 2.48. The van der Waals surface area contributed by atoms with E-state index in [9.17, 15) is 0 Å². The summed E-state index contributed by atoms with van der Waals surface area (Å²) in [6.07, 6.45) is 3.48. The van der Waals surface area contributed by atoms with Crippen molar-refractivity contribution >= 4 is 27.6 Å². The third-order valence-electron chi connectivity index (χ3n) is 2.33. The van der Waals surface area contributed by atoms with Gasteiger partial charge in [0.2, 0.25) is 0 Å². The topological polar surface area (TPSA) is 52.0 Å². The molecule has 1 aromatic carbocycles. The summed E-state index contributed by atoms with van der Waals surface area (Å²) >= 11 is 0. The maximum atomic E-state index is 5.88. The molecule has 2 N–H and O–H groups in total. The molecule has 3 heteroatoms. The van der Waals surface area contributed by atoms with Gasteiger partial charge in [-0.25, -0.2) is 0 Å². The van der Waals surface area contributed by atoms with Crippen molar-refractivity contribution in [2.24, 2.45) is 0 Å². The molecule has 0 saturated heterocycles. The van der Waals surface area contributed by atoms with Crippen molar-refractivity contribution < 1.29 is 4.42 Å². The Morgan fingerprint density at radius 3 is 3.00 bits per heavy atom. The van der Waals surface area contributed by atoms with Crippen molar-refractivity contribution in [3.05, 3.63) is 36.7 Å². The lowest BCUT2D eigenvalue weighted by Gasteiger charge is -1.93. The van der Waals surface area contributed by atoms with E-state index < -0.39 is 0 Å². The van der Waals surface area contributed by atoms with Gasteiger partial charge in [-0.3, -0.25) is 4.98 Å². The number of pyridine rings is 1. The molecular formula is C11H8N2O. The largest absolute Gasteiger partial charge is 0.456 e. The van der Waals surface area contributed by atoms with Gasteiger partial charge in [-0.2, -0.15) is 0 Å². The lowest BCUT2D eigenvalue weighted by atomic mass is 10.1. The van der Waals surface area contributed by atoms with Gasteiger partial charge in [-0.15, -0.1) is 0 Å². The van der Waals surface area contributed by atoms with Crippen LogP contribution < -0.4 is 5.73 Å². The van der Waals surface area contributed by atoms with Crippen molar-refractivity contribution in [1.29, 1.82) is 0 Å². The summed E-state index contributed by atoms with van der Waals surface area (Å²) in [5.74, 6) is 0. The van der Waals surface area contributed by atoms with Crippen LogP contribution in [-0.4, -0.2) is 4.98 Å². The first kappa shape index (κ1) is 7.38. The highest BCUT2D eigenvalue weighted by Gasteiger charge is 2.07. The zero-order valence-electron chi connectivity index (χ0n) is 7.40. The van der Waals surface area contributed by atoms with Crippen LogP contribution in [0.3, 0.4) is 0 Å². The summed E-state index contributed by atoms with van der Waals surface area (Å²) < 4.78 is 5.61. The average molecular weight is 184 g/mol. The zero-order valence-corrected chi connectivity index (χ0v) is 7.40. The maximum absolute atomic E-state index is 5.88. The van der Waals surface area contributed by atoms with Crippen LogP contribution in [0.15, 0.2) is 41.1 Å². The fourth-order valence-corrected chi connectivity index (χ4v) is 1.70. The normalized spacial score (nSPS) is 11.1. The van der Waals surface area contributed by atoms with Gasteiger partial charge in [0.1, 0.15) is 11.2 Å². The van der Waals surface area contributed by atoms with E-state index >= 15 is 0 Å². The number of rotatable bonds is 0. The Balaban J connectivity index is 2.65. The molecule has 0 aliphatic rings. The molecule has 0 radical (unpaired) electrons. The number of fused-ring (bicyclic) bond motifs is 3. The van der Waals surface area contributed by atoms with E-state index in [1.54, 1.807) is 12.4 Å². The van der Waals surface area contributed by atoms with E-state index in [1.165, 1.54) is 0 Å². The minimum Gasteiger partial charge on any atom is -0.456 e. The van der Waals surface area contributed by atoms with Gasteiger partial charge in [0, 0.05) is 23.5 Å². The Morgan fingerprint density at radius 2 is 2.07 bits per heavy atom. The molecule has 0 saturated carbocycles. The smallest absolute Gasteiger partial charge is 0.138 e. The van der Waals surface area contributed by atoms with Crippen molar-refractivity contribution in [2.45, 2.75) is 0 Å². The molecule has 0 spiro atoms. The summed E-state index contributed by atoms with van der Waals surface area (Å²) in [6, 6.07) is 7.50. The molecule has 2 aromatic heterocycles. The molecule has 0 unspecified atom stereocenters. The van der Waals surface area contributed by atoms with Crippen molar-refractivity contribution in [1.82, 2.24) is 4.98 Å².